The van der Waals surface area contributed by atoms with Gasteiger partial charge in [0, 0.05) is 12.6 Å². The first-order chi connectivity index (χ1) is 8.74. The minimum Gasteiger partial charge on any atom is -0.354 e. The van der Waals surface area contributed by atoms with Gasteiger partial charge < -0.3 is 10.2 Å². The van der Waals surface area contributed by atoms with E-state index in [1.807, 2.05) is 0 Å². The van der Waals surface area contributed by atoms with Crippen molar-refractivity contribution < 1.29 is 17.6 Å². The second-order valence-electron chi connectivity index (χ2n) is 4.23. The topological polar surface area (TPSA) is 41.1 Å². The van der Waals surface area contributed by atoms with Crippen LogP contribution in [0.4, 0.5) is 29.3 Å². The predicted molar refractivity (Wildman–Crippen MR) is 64.7 cm³/mol. The van der Waals surface area contributed by atoms with E-state index in [0.717, 1.165) is 11.1 Å². The van der Waals surface area contributed by atoms with Crippen LogP contribution in [0.25, 0.3) is 0 Å². The van der Waals surface area contributed by atoms with Crippen molar-refractivity contribution >= 4 is 11.8 Å². The minimum absolute atomic E-state index is 0.103. The highest BCUT2D eigenvalue weighted by atomic mass is 19.4. The van der Waals surface area contributed by atoms with Crippen LogP contribution in [0.1, 0.15) is 20.8 Å². The summed E-state index contributed by atoms with van der Waals surface area (Å²) in [5.74, 6) is -1.12. The van der Waals surface area contributed by atoms with Gasteiger partial charge in [-0.15, -0.1) is 0 Å². The third kappa shape index (κ3) is 4.53. The fourth-order valence-corrected chi connectivity index (χ4v) is 1.50. The van der Waals surface area contributed by atoms with Crippen molar-refractivity contribution in [2.24, 2.45) is 0 Å². The molecule has 0 bridgehead atoms. The molecule has 0 aliphatic carbocycles. The molecule has 0 amide bonds. The van der Waals surface area contributed by atoms with E-state index in [9.17, 15) is 17.6 Å². The molecule has 4 nitrogen and oxygen atoms in total. The van der Waals surface area contributed by atoms with Crippen molar-refractivity contribution in [3.8, 4) is 0 Å². The third-order valence-electron chi connectivity index (χ3n) is 2.31. The molecule has 8 heteroatoms. The maximum absolute atomic E-state index is 13.6. The Morgan fingerprint density at radius 1 is 1.37 bits per heavy atom. The highest BCUT2D eigenvalue weighted by Crippen LogP contribution is 2.25. The molecule has 0 saturated heterocycles. The first-order valence-electron chi connectivity index (χ1n) is 5.84. The van der Waals surface area contributed by atoms with Crippen LogP contribution in [0.5, 0.6) is 0 Å². The van der Waals surface area contributed by atoms with E-state index in [0.29, 0.717) is 6.54 Å². The Hall–Kier alpha value is -1.60. The molecule has 19 heavy (non-hydrogen) atoms. The number of nitrogens with one attached hydrogen (secondary N) is 1. The van der Waals surface area contributed by atoms with Crippen LogP contribution in [-0.2, 0) is 0 Å². The Morgan fingerprint density at radius 3 is 2.47 bits per heavy atom. The molecule has 0 atom stereocenters. The van der Waals surface area contributed by atoms with Crippen LogP contribution < -0.4 is 10.2 Å². The van der Waals surface area contributed by atoms with E-state index in [1.165, 1.54) is 0 Å². The monoisotopic (exact) mass is 280 g/mol. The molecule has 0 radical (unpaired) electrons. The zero-order chi connectivity index (χ0) is 14.6. The van der Waals surface area contributed by atoms with Gasteiger partial charge in [-0.05, 0) is 20.8 Å². The molecule has 1 aromatic heterocycles. The number of alkyl halides is 3. The second-order valence-corrected chi connectivity index (χ2v) is 4.23. The second kappa shape index (κ2) is 6.03. The number of hydrogen-bond donors (Lipinski definition) is 1. The number of anilines is 2. The lowest BCUT2D eigenvalue weighted by molar-refractivity contribution is -0.120. The van der Waals surface area contributed by atoms with Crippen LogP contribution >= 0.6 is 0 Å². The van der Waals surface area contributed by atoms with Crippen LogP contribution in [0.2, 0.25) is 0 Å². The van der Waals surface area contributed by atoms with Gasteiger partial charge in [0.05, 0.1) is 6.20 Å². The number of halogens is 4. The third-order valence-corrected chi connectivity index (χ3v) is 2.31. The Bertz CT molecular complexity index is 420. The Labute approximate surface area is 108 Å². The minimum atomic E-state index is -4.43. The molecular formula is C11H16F4N4. The van der Waals surface area contributed by atoms with Crippen molar-refractivity contribution in [1.29, 1.82) is 0 Å². The van der Waals surface area contributed by atoms with Gasteiger partial charge in [0.2, 0.25) is 5.95 Å². The molecule has 0 aliphatic heterocycles. The van der Waals surface area contributed by atoms with Crippen LogP contribution in [0, 0.1) is 5.82 Å². The fourth-order valence-electron chi connectivity index (χ4n) is 1.50. The van der Waals surface area contributed by atoms with Crippen LogP contribution in [0.3, 0.4) is 0 Å². The molecule has 0 unspecified atom stereocenters. The SMILES string of the molecule is CCNc1ncc(F)c(N(CC(F)(F)F)C(C)C)n1. The van der Waals surface area contributed by atoms with Crippen LogP contribution in [0.15, 0.2) is 6.20 Å². The molecule has 1 aromatic rings. The zero-order valence-electron chi connectivity index (χ0n) is 10.9. The summed E-state index contributed by atoms with van der Waals surface area (Å²) in [4.78, 5) is 8.32. The summed E-state index contributed by atoms with van der Waals surface area (Å²) in [5, 5.41) is 2.73. The Balaban J connectivity index is 3.10. The summed E-state index contributed by atoms with van der Waals surface area (Å²) in [6, 6.07) is -0.541. The molecule has 0 aromatic carbocycles. The van der Waals surface area contributed by atoms with Crippen molar-refractivity contribution in [3.63, 3.8) is 0 Å². The molecule has 0 saturated carbocycles. The number of hydrogen-bond acceptors (Lipinski definition) is 4. The highest BCUT2D eigenvalue weighted by Gasteiger charge is 2.33. The van der Waals surface area contributed by atoms with E-state index in [1.54, 1.807) is 20.8 Å². The first kappa shape index (κ1) is 15.5. The lowest BCUT2D eigenvalue weighted by atomic mass is 10.3. The Morgan fingerprint density at radius 2 is 2.00 bits per heavy atom. The van der Waals surface area contributed by atoms with Crippen molar-refractivity contribution in [2.75, 3.05) is 23.3 Å². The summed E-state index contributed by atoms with van der Waals surface area (Å²) in [5.41, 5.74) is 0. The van der Waals surface area contributed by atoms with E-state index in [2.05, 4.69) is 15.3 Å². The van der Waals surface area contributed by atoms with Crippen LogP contribution in [-0.4, -0.2) is 35.3 Å². The molecule has 1 N–H and O–H groups in total. The van der Waals surface area contributed by atoms with Crippen molar-refractivity contribution in [1.82, 2.24) is 9.97 Å². The van der Waals surface area contributed by atoms with E-state index in [-0.39, 0.29) is 11.8 Å². The largest absolute Gasteiger partial charge is 0.405 e. The van der Waals surface area contributed by atoms with Gasteiger partial charge in [-0.25, -0.2) is 9.37 Å². The van der Waals surface area contributed by atoms with E-state index in [4.69, 9.17) is 0 Å². The summed E-state index contributed by atoms with van der Waals surface area (Å²) in [7, 11) is 0. The predicted octanol–water partition coefficient (Wildman–Crippen LogP) is 2.82. The summed E-state index contributed by atoms with van der Waals surface area (Å²) >= 11 is 0. The van der Waals surface area contributed by atoms with Gasteiger partial charge in [0.25, 0.3) is 0 Å². The van der Waals surface area contributed by atoms with Gasteiger partial charge in [-0.2, -0.15) is 18.2 Å². The number of rotatable bonds is 5. The summed E-state index contributed by atoms with van der Waals surface area (Å²) in [6.07, 6.45) is -3.56. The maximum atomic E-state index is 13.6. The van der Waals surface area contributed by atoms with Gasteiger partial charge in [0.15, 0.2) is 11.6 Å². The molecule has 108 valence electrons. The quantitative estimate of drug-likeness (QED) is 0.842. The van der Waals surface area contributed by atoms with Gasteiger partial charge in [0.1, 0.15) is 6.54 Å². The number of aromatic nitrogens is 2. The lowest BCUT2D eigenvalue weighted by Crippen LogP contribution is -2.40. The van der Waals surface area contributed by atoms with Gasteiger partial charge in [-0.1, -0.05) is 0 Å². The number of nitrogens with zero attached hydrogens (tertiary/aromatic N) is 3. The molecule has 0 spiro atoms. The van der Waals surface area contributed by atoms with Crippen molar-refractivity contribution in [2.45, 2.75) is 33.0 Å². The summed E-state index contributed by atoms with van der Waals surface area (Å²) < 4.78 is 51.2. The van der Waals surface area contributed by atoms with Gasteiger partial charge >= 0.3 is 6.18 Å². The lowest BCUT2D eigenvalue weighted by Gasteiger charge is -2.29. The Kier molecular flexibility index (Phi) is 4.90. The van der Waals surface area contributed by atoms with E-state index >= 15 is 0 Å². The summed E-state index contributed by atoms with van der Waals surface area (Å²) in [6.45, 7) is 4.10. The molecule has 1 rings (SSSR count). The highest BCUT2D eigenvalue weighted by molar-refractivity contribution is 5.44. The molecule has 0 aliphatic rings. The van der Waals surface area contributed by atoms with E-state index < -0.39 is 24.6 Å². The van der Waals surface area contributed by atoms with Gasteiger partial charge in [-0.3, -0.25) is 0 Å². The fraction of sp³-hybridized carbons (Fsp3) is 0.636. The molecule has 1 heterocycles. The maximum Gasteiger partial charge on any atom is 0.405 e. The average Bonchev–Trinajstić information content (AvgIpc) is 2.28. The normalized spacial score (nSPS) is 11.8. The molecular weight excluding hydrogens is 264 g/mol. The molecule has 0 fully saturated rings. The zero-order valence-corrected chi connectivity index (χ0v) is 10.9. The first-order valence-corrected chi connectivity index (χ1v) is 5.84. The standard InChI is InChI=1S/C11H16F4N4/c1-4-16-10-17-5-8(12)9(18-10)19(7(2)3)6-11(13,14)15/h5,7H,4,6H2,1-3H3,(H,16,17,18). The van der Waals surface area contributed by atoms with Crippen molar-refractivity contribution in [3.05, 3.63) is 12.0 Å². The average molecular weight is 280 g/mol. The smallest absolute Gasteiger partial charge is 0.354 e.